The van der Waals surface area contributed by atoms with Crippen molar-refractivity contribution in [2.75, 3.05) is 5.73 Å². The standard InChI is InChI=1S/C33H33N9O/c1-2-30(43)41-23-7-8-24(41)19-21(18-23)37-27-11-6-20-17-22(9-10-25(20)27)42-32(26-5-3-14-35-31(26)34)38-28-12-13-29(39-33(28)42)40-16-4-15-36-40/h2-5,9-10,12-17,21,23-24,27,37H,1,6-8,11,18-19H2,(H2,34,35). The Morgan fingerprint density at radius 1 is 1.02 bits per heavy atom. The highest BCUT2D eigenvalue weighted by atomic mass is 16.2. The first-order valence-corrected chi connectivity index (χ1v) is 15.0. The molecule has 3 aliphatic rings. The highest BCUT2D eigenvalue weighted by Gasteiger charge is 2.43. The first-order chi connectivity index (χ1) is 21.1. The zero-order valence-electron chi connectivity index (χ0n) is 23.8. The molecule has 10 heteroatoms. The van der Waals surface area contributed by atoms with Crippen LogP contribution in [0.4, 0.5) is 5.82 Å². The number of rotatable bonds is 6. The zero-order chi connectivity index (χ0) is 29.1. The summed E-state index contributed by atoms with van der Waals surface area (Å²) in [7, 11) is 0. The van der Waals surface area contributed by atoms with Crippen LogP contribution in [0.2, 0.25) is 0 Å². The number of nitrogen functional groups attached to an aromatic ring is 1. The van der Waals surface area contributed by atoms with Crippen LogP contribution in [0.25, 0.3) is 34.1 Å². The monoisotopic (exact) mass is 571 g/mol. The van der Waals surface area contributed by atoms with Gasteiger partial charge in [0.1, 0.15) is 11.3 Å². The van der Waals surface area contributed by atoms with E-state index in [1.165, 1.54) is 17.2 Å². The molecule has 0 radical (unpaired) electrons. The number of nitrogens with zero attached hydrogens (tertiary/aromatic N) is 7. The van der Waals surface area contributed by atoms with Crippen LogP contribution in [-0.4, -0.2) is 58.2 Å². The van der Waals surface area contributed by atoms with E-state index in [1.807, 2.05) is 36.5 Å². The molecule has 0 spiro atoms. The summed E-state index contributed by atoms with van der Waals surface area (Å²) in [5.74, 6) is 1.92. The van der Waals surface area contributed by atoms with Gasteiger partial charge in [-0.05, 0) is 98.2 Å². The Hall–Kier alpha value is -4.83. The lowest BCUT2D eigenvalue weighted by atomic mass is 9.95. The van der Waals surface area contributed by atoms with Gasteiger partial charge in [0, 0.05) is 48.4 Å². The number of piperidine rings is 1. The van der Waals surface area contributed by atoms with E-state index in [9.17, 15) is 4.79 Å². The molecule has 4 aromatic heterocycles. The molecule has 216 valence electrons. The fraction of sp³-hybridized carbons (Fsp3) is 0.303. The normalized spacial score (nSPS) is 22.7. The Bertz CT molecular complexity index is 1850. The number of nitrogens with two attached hydrogens (primary N) is 1. The van der Waals surface area contributed by atoms with Crippen molar-refractivity contribution in [3.8, 4) is 22.9 Å². The summed E-state index contributed by atoms with van der Waals surface area (Å²) in [6, 6.07) is 17.6. The molecule has 43 heavy (non-hydrogen) atoms. The Labute approximate surface area is 249 Å². The molecule has 10 nitrogen and oxygen atoms in total. The van der Waals surface area contributed by atoms with E-state index in [-0.39, 0.29) is 5.91 Å². The molecule has 3 unspecified atom stereocenters. The van der Waals surface area contributed by atoms with Crippen molar-refractivity contribution >= 4 is 22.9 Å². The lowest BCUT2D eigenvalue weighted by Gasteiger charge is -2.39. The third kappa shape index (κ3) is 4.32. The number of hydrogen-bond acceptors (Lipinski definition) is 7. The zero-order valence-corrected chi connectivity index (χ0v) is 23.8. The van der Waals surface area contributed by atoms with Crippen molar-refractivity contribution in [2.24, 2.45) is 0 Å². The van der Waals surface area contributed by atoms with E-state index >= 15 is 0 Å². The van der Waals surface area contributed by atoms with E-state index in [4.69, 9.17) is 15.7 Å². The Morgan fingerprint density at radius 2 is 1.88 bits per heavy atom. The summed E-state index contributed by atoms with van der Waals surface area (Å²) >= 11 is 0. The minimum atomic E-state index is 0.0790. The number of benzene rings is 1. The lowest BCUT2D eigenvalue weighted by molar-refractivity contribution is -0.130. The van der Waals surface area contributed by atoms with Crippen molar-refractivity contribution in [3.63, 3.8) is 0 Å². The second-order valence-electron chi connectivity index (χ2n) is 11.8. The Kier molecular flexibility index (Phi) is 6.11. The number of aromatic nitrogens is 6. The van der Waals surface area contributed by atoms with E-state index in [0.717, 1.165) is 60.9 Å². The summed E-state index contributed by atoms with van der Waals surface area (Å²) < 4.78 is 3.83. The SMILES string of the molecule is C=CC(=O)N1C2CCC1CC(NC1CCc3cc(-n4c(-c5cccnc5N)nc5ccc(-n6cccn6)nc54)ccc31)C2. The van der Waals surface area contributed by atoms with Gasteiger partial charge in [0.15, 0.2) is 17.3 Å². The quantitative estimate of drug-likeness (QED) is 0.287. The van der Waals surface area contributed by atoms with Crippen LogP contribution in [0.15, 0.2) is 79.8 Å². The number of hydrogen-bond donors (Lipinski definition) is 2. The number of imidazole rings is 1. The molecule has 8 rings (SSSR count). The first-order valence-electron chi connectivity index (χ1n) is 15.0. The molecule has 3 N–H and O–H groups in total. The molecular weight excluding hydrogens is 538 g/mol. The maximum atomic E-state index is 12.4. The predicted octanol–water partition coefficient (Wildman–Crippen LogP) is 4.54. The van der Waals surface area contributed by atoms with Gasteiger partial charge in [0.25, 0.3) is 0 Å². The lowest BCUT2D eigenvalue weighted by Crippen LogP contribution is -2.51. The van der Waals surface area contributed by atoms with Gasteiger partial charge < -0.3 is 16.0 Å². The van der Waals surface area contributed by atoms with E-state index in [0.29, 0.717) is 41.6 Å². The molecule has 1 amide bonds. The van der Waals surface area contributed by atoms with Crippen molar-refractivity contribution in [2.45, 2.75) is 62.7 Å². The van der Waals surface area contributed by atoms with Gasteiger partial charge in [-0.15, -0.1) is 0 Å². The van der Waals surface area contributed by atoms with Crippen LogP contribution in [0.5, 0.6) is 0 Å². The number of pyridine rings is 2. The highest BCUT2D eigenvalue weighted by Crippen LogP contribution is 2.40. The van der Waals surface area contributed by atoms with E-state index < -0.39 is 0 Å². The van der Waals surface area contributed by atoms with E-state index in [1.54, 1.807) is 17.1 Å². The van der Waals surface area contributed by atoms with Crippen LogP contribution >= 0.6 is 0 Å². The van der Waals surface area contributed by atoms with Crippen LogP contribution in [-0.2, 0) is 11.2 Å². The second-order valence-corrected chi connectivity index (χ2v) is 11.8. The molecule has 6 heterocycles. The number of fused-ring (bicyclic) bond motifs is 4. The average Bonchev–Trinajstić information content (AvgIpc) is 3.82. The van der Waals surface area contributed by atoms with Gasteiger partial charge in [-0.1, -0.05) is 12.6 Å². The maximum absolute atomic E-state index is 12.4. The molecule has 3 atom stereocenters. The molecule has 2 fully saturated rings. The largest absolute Gasteiger partial charge is 0.383 e. The van der Waals surface area contributed by atoms with Gasteiger partial charge in [-0.2, -0.15) is 5.10 Å². The number of carbonyl (C=O) groups excluding carboxylic acids is 1. The Morgan fingerprint density at radius 3 is 2.65 bits per heavy atom. The van der Waals surface area contributed by atoms with Gasteiger partial charge in [0.05, 0.1) is 5.56 Å². The van der Waals surface area contributed by atoms with Crippen molar-refractivity contribution in [1.29, 1.82) is 0 Å². The molecular formula is C33H33N9O. The summed E-state index contributed by atoms with van der Waals surface area (Å²) in [6.45, 7) is 3.72. The van der Waals surface area contributed by atoms with E-state index in [2.05, 4.69) is 49.6 Å². The van der Waals surface area contributed by atoms with Crippen LogP contribution < -0.4 is 11.1 Å². The van der Waals surface area contributed by atoms with Gasteiger partial charge in [0.2, 0.25) is 5.91 Å². The van der Waals surface area contributed by atoms with Gasteiger partial charge >= 0.3 is 0 Å². The van der Waals surface area contributed by atoms with Crippen molar-refractivity contribution in [3.05, 3.63) is 90.9 Å². The maximum Gasteiger partial charge on any atom is 0.246 e. The minimum absolute atomic E-state index is 0.0790. The molecule has 5 aromatic rings. The molecule has 2 aliphatic heterocycles. The fourth-order valence-electron chi connectivity index (χ4n) is 7.49. The minimum Gasteiger partial charge on any atom is -0.383 e. The first kappa shape index (κ1) is 25.8. The Balaban J connectivity index is 1.14. The third-order valence-electron chi connectivity index (χ3n) is 9.37. The number of nitrogens with one attached hydrogen (secondary N) is 1. The summed E-state index contributed by atoms with van der Waals surface area (Å²) in [5.41, 5.74) is 12.3. The molecule has 2 saturated heterocycles. The topological polar surface area (TPSA) is 120 Å². The van der Waals surface area contributed by atoms with Gasteiger partial charge in [-0.25, -0.2) is 19.6 Å². The smallest absolute Gasteiger partial charge is 0.246 e. The number of anilines is 1. The van der Waals surface area contributed by atoms with Crippen molar-refractivity contribution in [1.82, 2.24) is 39.5 Å². The van der Waals surface area contributed by atoms with Crippen LogP contribution in [0.1, 0.15) is 49.3 Å². The number of carbonyl (C=O) groups is 1. The van der Waals surface area contributed by atoms with Crippen LogP contribution in [0, 0.1) is 0 Å². The molecule has 1 aromatic carbocycles. The summed E-state index contributed by atoms with van der Waals surface area (Å²) in [5, 5.41) is 8.35. The number of amides is 1. The summed E-state index contributed by atoms with van der Waals surface area (Å²) in [4.78, 5) is 28.8. The predicted molar refractivity (Wildman–Crippen MR) is 165 cm³/mol. The summed E-state index contributed by atoms with van der Waals surface area (Å²) in [6.07, 6.45) is 13.0. The molecule has 2 bridgehead atoms. The fourth-order valence-corrected chi connectivity index (χ4v) is 7.49. The van der Waals surface area contributed by atoms with Gasteiger partial charge in [-0.3, -0.25) is 9.36 Å². The highest BCUT2D eigenvalue weighted by molar-refractivity contribution is 5.88. The third-order valence-corrected chi connectivity index (χ3v) is 9.37. The van der Waals surface area contributed by atoms with Crippen LogP contribution in [0.3, 0.4) is 0 Å². The average molecular weight is 572 g/mol. The second kappa shape index (κ2) is 10.2. The number of aryl methyl sites for hydroxylation is 1. The molecule has 0 saturated carbocycles. The van der Waals surface area contributed by atoms with Crippen molar-refractivity contribution < 1.29 is 4.79 Å². The molecule has 1 aliphatic carbocycles.